The van der Waals surface area contributed by atoms with Gasteiger partial charge in [0.1, 0.15) is 6.61 Å². The average molecular weight is 214 g/mol. The van der Waals surface area contributed by atoms with Crippen LogP contribution in [0.25, 0.3) is 0 Å². The molecular formula is C10H18N2O3. The fourth-order valence-corrected chi connectivity index (χ4v) is 0.822. The van der Waals surface area contributed by atoms with Crippen LogP contribution in [-0.4, -0.2) is 56.0 Å². The molecule has 0 unspecified atom stereocenters. The molecule has 15 heavy (non-hydrogen) atoms. The minimum Gasteiger partial charge on any atom is -0.464 e. The first-order valence-corrected chi connectivity index (χ1v) is 4.74. The van der Waals surface area contributed by atoms with E-state index in [4.69, 9.17) is 4.74 Å². The lowest BCUT2D eigenvalue weighted by Crippen LogP contribution is -2.23. The number of esters is 1. The summed E-state index contributed by atoms with van der Waals surface area (Å²) in [6.45, 7) is 4.82. The second-order valence-corrected chi connectivity index (χ2v) is 3.30. The van der Waals surface area contributed by atoms with Crippen molar-refractivity contribution < 1.29 is 14.3 Å². The minimum atomic E-state index is -0.300. The molecule has 0 saturated carbocycles. The van der Waals surface area contributed by atoms with E-state index in [0.29, 0.717) is 26.1 Å². The van der Waals surface area contributed by atoms with Crippen LogP contribution in [0.15, 0.2) is 12.8 Å². The first-order valence-electron chi connectivity index (χ1n) is 4.74. The molecule has 0 bridgehead atoms. The SMILES string of the molecule is C=CN(C=O)CCC(=O)OCCN(C)C. The standard InChI is InChI=1S/C10H18N2O3/c1-4-12(9-13)6-5-10(14)15-8-7-11(2)3/h4,9H,1,5-8H2,2-3H3. The third kappa shape index (κ3) is 7.69. The third-order valence-electron chi connectivity index (χ3n) is 1.75. The van der Waals surface area contributed by atoms with Crippen molar-refractivity contribution in [1.82, 2.24) is 9.80 Å². The summed E-state index contributed by atoms with van der Waals surface area (Å²) in [6, 6.07) is 0. The van der Waals surface area contributed by atoms with Crippen molar-refractivity contribution in [2.45, 2.75) is 6.42 Å². The van der Waals surface area contributed by atoms with E-state index >= 15 is 0 Å². The lowest BCUT2D eigenvalue weighted by atomic mass is 10.4. The molecular weight excluding hydrogens is 196 g/mol. The highest BCUT2D eigenvalue weighted by Gasteiger charge is 2.05. The van der Waals surface area contributed by atoms with Crippen molar-refractivity contribution in [3.63, 3.8) is 0 Å². The highest BCUT2D eigenvalue weighted by atomic mass is 16.5. The number of ether oxygens (including phenoxy) is 1. The van der Waals surface area contributed by atoms with Gasteiger partial charge in [0.15, 0.2) is 0 Å². The fourth-order valence-electron chi connectivity index (χ4n) is 0.822. The molecule has 0 fully saturated rings. The van der Waals surface area contributed by atoms with Crippen LogP contribution in [0, 0.1) is 0 Å². The Hall–Kier alpha value is -1.36. The number of carbonyl (C=O) groups excluding carboxylic acids is 2. The van der Waals surface area contributed by atoms with Gasteiger partial charge in [0, 0.05) is 13.1 Å². The van der Waals surface area contributed by atoms with Gasteiger partial charge in [0.2, 0.25) is 6.41 Å². The van der Waals surface area contributed by atoms with Crippen molar-refractivity contribution >= 4 is 12.4 Å². The summed E-state index contributed by atoms with van der Waals surface area (Å²) in [5, 5.41) is 0. The van der Waals surface area contributed by atoms with Crippen LogP contribution in [0.2, 0.25) is 0 Å². The monoisotopic (exact) mass is 214 g/mol. The number of hydrogen-bond acceptors (Lipinski definition) is 4. The molecule has 1 amide bonds. The molecule has 0 aromatic rings. The van der Waals surface area contributed by atoms with Crippen molar-refractivity contribution in [1.29, 1.82) is 0 Å². The molecule has 0 rings (SSSR count). The molecule has 0 aliphatic heterocycles. The van der Waals surface area contributed by atoms with E-state index in [2.05, 4.69) is 6.58 Å². The van der Waals surface area contributed by atoms with E-state index in [1.807, 2.05) is 19.0 Å². The molecule has 0 atom stereocenters. The molecule has 0 aliphatic rings. The maximum absolute atomic E-state index is 11.1. The lowest BCUT2D eigenvalue weighted by Gasteiger charge is -2.12. The summed E-state index contributed by atoms with van der Waals surface area (Å²) in [5.74, 6) is -0.300. The zero-order valence-electron chi connectivity index (χ0n) is 9.31. The summed E-state index contributed by atoms with van der Waals surface area (Å²) in [6.07, 6.45) is 2.19. The molecule has 5 nitrogen and oxygen atoms in total. The Kier molecular flexibility index (Phi) is 7.27. The second kappa shape index (κ2) is 7.99. The number of likely N-dealkylation sites (N-methyl/N-ethyl adjacent to an activating group) is 1. The van der Waals surface area contributed by atoms with Gasteiger partial charge in [-0.1, -0.05) is 6.58 Å². The van der Waals surface area contributed by atoms with E-state index in [9.17, 15) is 9.59 Å². The van der Waals surface area contributed by atoms with Crippen LogP contribution in [0.3, 0.4) is 0 Å². The molecule has 0 saturated heterocycles. The quantitative estimate of drug-likeness (QED) is 0.424. The number of amides is 1. The van der Waals surface area contributed by atoms with Crippen LogP contribution in [0.1, 0.15) is 6.42 Å². The largest absolute Gasteiger partial charge is 0.464 e. The minimum absolute atomic E-state index is 0.193. The van der Waals surface area contributed by atoms with E-state index in [-0.39, 0.29) is 12.4 Å². The molecule has 0 aromatic heterocycles. The Morgan fingerprint density at radius 1 is 1.40 bits per heavy atom. The van der Waals surface area contributed by atoms with Crippen LogP contribution >= 0.6 is 0 Å². The molecule has 0 spiro atoms. The van der Waals surface area contributed by atoms with Gasteiger partial charge in [-0.3, -0.25) is 9.59 Å². The van der Waals surface area contributed by atoms with Gasteiger partial charge in [-0.15, -0.1) is 0 Å². The number of hydrogen-bond donors (Lipinski definition) is 0. The van der Waals surface area contributed by atoms with Crippen LogP contribution < -0.4 is 0 Å². The van der Waals surface area contributed by atoms with E-state index in [0.717, 1.165) is 0 Å². The van der Waals surface area contributed by atoms with Crippen molar-refractivity contribution in [3.8, 4) is 0 Å². The molecule has 0 radical (unpaired) electrons. The van der Waals surface area contributed by atoms with Crippen molar-refractivity contribution in [2.75, 3.05) is 33.8 Å². The van der Waals surface area contributed by atoms with Crippen molar-refractivity contribution in [2.24, 2.45) is 0 Å². The summed E-state index contributed by atoms with van der Waals surface area (Å²) in [7, 11) is 3.80. The Balaban J connectivity index is 3.56. The Bertz CT molecular complexity index is 209. The van der Waals surface area contributed by atoms with Crippen molar-refractivity contribution in [3.05, 3.63) is 12.8 Å². The van der Waals surface area contributed by atoms with Gasteiger partial charge in [-0.2, -0.15) is 0 Å². The topological polar surface area (TPSA) is 49.9 Å². The molecule has 0 aliphatic carbocycles. The predicted octanol–water partition coefficient (Wildman–Crippen LogP) is 0.0832. The molecule has 86 valence electrons. The van der Waals surface area contributed by atoms with Gasteiger partial charge < -0.3 is 14.5 Å². The van der Waals surface area contributed by atoms with Gasteiger partial charge in [-0.25, -0.2) is 0 Å². The normalized spacial score (nSPS) is 9.80. The first-order chi connectivity index (χ1) is 7.10. The van der Waals surface area contributed by atoms with E-state index < -0.39 is 0 Å². The van der Waals surface area contributed by atoms with E-state index in [1.54, 1.807) is 0 Å². The maximum atomic E-state index is 11.1. The van der Waals surface area contributed by atoms with Gasteiger partial charge in [0.25, 0.3) is 0 Å². The third-order valence-corrected chi connectivity index (χ3v) is 1.75. The Morgan fingerprint density at radius 3 is 2.53 bits per heavy atom. The lowest BCUT2D eigenvalue weighted by molar-refractivity contribution is -0.144. The Labute approximate surface area is 90.3 Å². The fraction of sp³-hybridized carbons (Fsp3) is 0.600. The molecule has 0 aromatic carbocycles. The average Bonchev–Trinajstić information content (AvgIpc) is 2.18. The summed E-state index contributed by atoms with van der Waals surface area (Å²) >= 11 is 0. The number of nitrogens with zero attached hydrogens (tertiary/aromatic N) is 2. The Morgan fingerprint density at radius 2 is 2.07 bits per heavy atom. The molecule has 5 heteroatoms. The first kappa shape index (κ1) is 13.6. The zero-order valence-corrected chi connectivity index (χ0v) is 9.31. The maximum Gasteiger partial charge on any atom is 0.307 e. The predicted molar refractivity (Wildman–Crippen MR) is 57.1 cm³/mol. The highest BCUT2D eigenvalue weighted by molar-refractivity contribution is 5.70. The van der Waals surface area contributed by atoms with Gasteiger partial charge >= 0.3 is 5.97 Å². The summed E-state index contributed by atoms with van der Waals surface area (Å²) < 4.78 is 4.93. The van der Waals surface area contributed by atoms with Crippen LogP contribution in [0.5, 0.6) is 0 Å². The second-order valence-electron chi connectivity index (χ2n) is 3.30. The smallest absolute Gasteiger partial charge is 0.307 e. The zero-order chi connectivity index (χ0) is 11.7. The summed E-state index contributed by atoms with van der Waals surface area (Å²) in [4.78, 5) is 24.7. The highest BCUT2D eigenvalue weighted by Crippen LogP contribution is 1.91. The van der Waals surface area contributed by atoms with Crippen LogP contribution in [-0.2, 0) is 14.3 Å². The molecule has 0 N–H and O–H groups in total. The van der Waals surface area contributed by atoms with E-state index in [1.165, 1.54) is 11.1 Å². The number of rotatable bonds is 8. The van der Waals surface area contributed by atoms with Crippen LogP contribution in [0.4, 0.5) is 0 Å². The van der Waals surface area contributed by atoms with Gasteiger partial charge in [0.05, 0.1) is 6.42 Å². The number of carbonyl (C=O) groups is 2. The summed E-state index contributed by atoms with van der Waals surface area (Å²) in [5.41, 5.74) is 0. The molecule has 0 heterocycles. The van der Waals surface area contributed by atoms with Gasteiger partial charge in [-0.05, 0) is 20.3 Å².